The van der Waals surface area contributed by atoms with Crippen molar-refractivity contribution in [2.24, 2.45) is 5.92 Å². The maximum atomic E-state index is 4.05. The molecule has 23 heavy (non-hydrogen) atoms. The van der Waals surface area contributed by atoms with Crippen molar-refractivity contribution >= 4 is 11.8 Å². The third-order valence-electron chi connectivity index (χ3n) is 4.65. The highest BCUT2D eigenvalue weighted by atomic mass is 32.2. The van der Waals surface area contributed by atoms with E-state index in [1.165, 1.54) is 33.4 Å². The predicted octanol–water partition coefficient (Wildman–Crippen LogP) is 6.82. The van der Waals surface area contributed by atoms with Gasteiger partial charge in [0.1, 0.15) is 0 Å². The molecule has 0 aliphatic heterocycles. The van der Waals surface area contributed by atoms with Gasteiger partial charge in [-0.2, -0.15) is 0 Å². The predicted molar refractivity (Wildman–Crippen MR) is 109 cm³/mol. The molecular formula is C22H30S. The summed E-state index contributed by atoms with van der Waals surface area (Å²) in [5, 5.41) is 0. The average molecular weight is 327 g/mol. The molecule has 1 unspecified atom stereocenters. The molecule has 0 N–H and O–H groups in total. The minimum absolute atomic E-state index is 0.0823. The monoisotopic (exact) mass is 326 g/mol. The SMILES string of the molecule is C=CC1=C(/C=C(/C)C=C)C(C)(SC)C(/C=C(\C=C)C(C)C)=C1C. The van der Waals surface area contributed by atoms with E-state index in [0.717, 1.165) is 0 Å². The summed E-state index contributed by atoms with van der Waals surface area (Å²) in [5.41, 5.74) is 7.65. The molecular weight excluding hydrogens is 296 g/mol. The highest BCUT2D eigenvalue weighted by Gasteiger charge is 2.39. The highest BCUT2D eigenvalue weighted by molar-refractivity contribution is 8.00. The number of thioether (sulfide) groups is 1. The molecule has 1 rings (SSSR count). The summed E-state index contributed by atoms with van der Waals surface area (Å²) < 4.78 is -0.0823. The second-order valence-electron chi connectivity index (χ2n) is 6.40. The first kappa shape index (κ1) is 19.6. The van der Waals surface area contributed by atoms with E-state index in [0.29, 0.717) is 5.92 Å². The third kappa shape index (κ3) is 3.72. The molecule has 0 heterocycles. The number of hydrogen-bond acceptors (Lipinski definition) is 1. The molecule has 1 atom stereocenters. The van der Waals surface area contributed by atoms with Crippen LogP contribution in [-0.4, -0.2) is 11.0 Å². The fourth-order valence-corrected chi connectivity index (χ4v) is 3.79. The summed E-state index contributed by atoms with van der Waals surface area (Å²) in [6.07, 6.45) is 12.6. The first-order valence-electron chi connectivity index (χ1n) is 8.05. The van der Waals surface area contributed by atoms with Crippen LogP contribution in [0.3, 0.4) is 0 Å². The largest absolute Gasteiger partial charge is 0.149 e. The molecule has 0 aromatic rings. The highest BCUT2D eigenvalue weighted by Crippen LogP contribution is 2.50. The Balaban J connectivity index is 3.64. The minimum atomic E-state index is -0.0823. The van der Waals surface area contributed by atoms with Gasteiger partial charge in [-0.15, -0.1) is 11.8 Å². The zero-order valence-corrected chi connectivity index (χ0v) is 16.3. The van der Waals surface area contributed by atoms with E-state index in [-0.39, 0.29) is 4.75 Å². The molecule has 0 fully saturated rings. The molecule has 1 heteroatoms. The fraction of sp³-hybridized carbons (Fsp3) is 0.364. The molecule has 124 valence electrons. The molecule has 0 saturated heterocycles. The Morgan fingerprint density at radius 3 is 2.09 bits per heavy atom. The maximum Gasteiger partial charge on any atom is 0.0634 e. The van der Waals surface area contributed by atoms with Gasteiger partial charge in [0.05, 0.1) is 4.75 Å². The van der Waals surface area contributed by atoms with Gasteiger partial charge in [0.25, 0.3) is 0 Å². The van der Waals surface area contributed by atoms with Gasteiger partial charge >= 0.3 is 0 Å². The summed E-state index contributed by atoms with van der Waals surface area (Å²) in [6, 6.07) is 0. The zero-order chi connectivity index (χ0) is 17.8. The van der Waals surface area contributed by atoms with E-state index in [4.69, 9.17) is 0 Å². The molecule has 0 radical (unpaired) electrons. The van der Waals surface area contributed by atoms with Gasteiger partial charge in [0.2, 0.25) is 0 Å². The molecule has 0 saturated carbocycles. The Labute approximate surface area is 147 Å². The first-order valence-corrected chi connectivity index (χ1v) is 9.28. The van der Waals surface area contributed by atoms with Crippen LogP contribution in [-0.2, 0) is 0 Å². The van der Waals surface area contributed by atoms with Crippen LogP contribution in [0.2, 0.25) is 0 Å². The normalized spacial score (nSPS) is 22.9. The third-order valence-corrected chi connectivity index (χ3v) is 5.90. The molecule has 0 aromatic heterocycles. The summed E-state index contributed by atoms with van der Waals surface area (Å²) >= 11 is 1.87. The van der Waals surface area contributed by atoms with Gasteiger partial charge in [-0.25, -0.2) is 0 Å². The van der Waals surface area contributed by atoms with Crippen molar-refractivity contribution in [1.29, 1.82) is 0 Å². The Bertz CT molecular complexity index is 635. The summed E-state index contributed by atoms with van der Waals surface area (Å²) in [7, 11) is 0. The Kier molecular flexibility index (Phi) is 6.70. The van der Waals surface area contributed by atoms with Gasteiger partial charge in [0, 0.05) is 0 Å². The van der Waals surface area contributed by atoms with E-state index in [1.807, 2.05) is 30.0 Å². The van der Waals surface area contributed by atoms with Crippen molar-refractivity contribution in [1.82, 2.24) is 0 Å². The minimum Gasteiger partial charge on any atom is -0.149 e. The molecule has 0 amide bonds. The van der Waals surface area contributed by atoms with E-state index in [2.05, 4.69) is 72.8 Å². The lowest BCUT2D eigenvalue weighted by Gasteiger charge is -2.28. The van der Waals surface area contributed by atoms with E-state index in [9.17, 15) is 0 Å². The lowest BCUT2D eigenvalue weighted by molar-refractivity contribution is 0.786. The van der Waals surface area contributed by atoms with Crippen molar-refractivity contribution in [3.63, 3.8) is 0 Å². The number of rotatable bonds is 7. The topological polar surface area (TPSA) is 0 Å². The second kappa shape index (κ2) is 7.88. The van der Waals surface area contributed by atoms with Crippen LogP contribution in [0.4, 0.5) is 0 Å². The van der Waals surface area contributed by atoms with Gasteiger partial charge in [-0.3, -0.25) is 0 Å². The van der Waals surface area contributed by atoms with Crippen LogP contribution in [0, 0.1) is 5.92 Å². The van der Waals surface area contributed by atoms with Crippen molar-refractivity contribution < 1.29 is 0 Å². The van der Waals surface area contributed by atoms with Crippen molar-refractivity contribution in [2.45, 2.75) is 39.4 Å². The molecule has 0 spiro atoms. The van der Waals surface area contributed by atoms with Crippen LogP contribution >= 0.6 is 11.8 Å². The smallest absolute Gasteiger partial charge is 0.0634 e. The van der Waals surface area contributed by atoms with Gasteiger partial charge in [-0.1, -0.05) is 69.5 Å². The van der Waals surface area contributed by atoms with Crippen LogP contribution in [0.15, 0.2) is 83.6 Å². The lowest BCUT2D eigenvalue weighted by atomic mass is 9.90. The summed E-state index contributed by atoms with van der Waals surface area (Å²) in [6.45, 7) is 22.9. The number of hydrogen-bond donors (Lipinski definition) is 0. The van der Waals surface area contributed by atoms with Crippen LogP contribution < -0.4 is 0 Å². The fourth-order valence-electron chi connectivity index (χ4n) is 2.97. The average Bonchev–Trinajstić information content (AvgIpc) is 2.72. The first-order chi connectivity index (χ1) is 10.8. The van der Waals surface area contributed by atoms with Gasteiger partial charge in [0.15, 0.2) is 0 Å². The summed E-state index contributed by atoms with van der Waals surface area (Å²) in [5.74, 6) is 0.459. The molecule has 1 aliphatic carbocycles. The maximum absolute atomic E-state index is 4.05. The van der Waals surface area contributed by atoms with Crippen molar-refractivity contribution in [3.05, 3.63) is 83.6 Å². The van der Waals surface area contributed by atoms with Gasteiger partial charge in [-0.05, 0) is 60.8 Å². The van der Waals surface area contributed by atoms with Crippen LogP contribution in [0.25, 0.3) is 0 Å². The quantitative estimate of drug-likeness (QED) is 0.462. The van der Waals surface area contributed by atoms with Crippen LogP contribution in [0.5, 0.6) is 0 Å². The summed E-state index contributed by atoms with van der Waals surface area (Å²) in [4.78, 5) is 0. The van der Waals surface area contributed by atoms with Gasteiger partial charge < -0.3 is 0 Å². The molecule has 1 aliphatic rings. The van der Waals surface area contributed by atoms with E-state index in [1.54, 1.807) is 0 Å². The lowest BCUT2D eigenvalue weighted by Crippen LogP contribution is -2.22. The van der Waals surface area contributed by atoms with Crippen molar-refractivity contribution in [3.8, 4) is 0 Å². The number of allylic oxidation sites excluding steroid dienone is 9. The molecule has 0 nitrogen and oxygen atoms in total. The Morgan fingerprint density at radius 2 is 1.70 bits per heavy atom. The van der Waals surface area contributed by atoms with Crippen LogP contribution in [0.1, 0.15) is 34.6 Å². The second-order valence-corrected chi connectivity index (χ2v) is 7.63. The Morgan fingerprint density at radius 1 is 1.09 bits per heavy atom. The molecule has 0 bridgehead atoms. The van der Waals surface area contributed by atoms with Crippen molar-refractivity contribution in [2.75, 3.05) is 6.26 Å². The standard InChI is InChI=1S/C22H30S/c1-10-16(6)13-21-19(12-3)17(7)20(22(21,8)23-9)14-18(11-2)15(4)5/h10-15H,1-3H2,4-9H3/b16-13-,18-14+. The van der Waals surface area contributed by atoms with E-state index < -0.39 is 0 Å². The Hall–Kier alpha value is -1.47. The zero-order valence-electron chi connectivity index (χ0n) is 15.5. The molecule has 0 aromatic carbocycles. The van der Waals surface area contributed by atoms with E-state index >= 15 is 0 Å².